The monoisotopic (exact) mass is 2210 g/mol. The van der Waals surface area contributed by atoms with Gasteiger partial charge in [0.15, 0.2) is 92.9 Å². The maximum Gasteiger partial charge on any atom is 1.00 e. The Morgan fingerprint density at radius 1 is 0.479 bits per heavy atom. The van der Waals surface area contributed by atoms with E-state index in [1.165, 1.54) is 78.1 Å². The van der Waals surface area contributed by atoms with E-state index < -0.39 is 97.4 Å². The number of thiophene rings is 1. The summed E-state index contributed by atoms with van der Waals surface area (Å²) in [7, 11) is -2.00. The summed E-state index contributed by atoms with van der Waals surface area (Å²) in [6.45, 7) is 50.1. The van der Waals surface area contributed by atoms with Gasteiger partial charge in [0.05, 0.1) is 120 Å². The number of para-hydroxylation sites is 4. The summed E-state index contributed by atoms with van der Waals surface area (Å²) in [5, 5.41) is 26.9. The molecular weight excluding hydrogens is 2080 g/mol. The van der Waals surface area contributed by atoms with Gasteiger partial charge in [0.2, 0.25) is 0 Å². The molecule has 0 spiro atoms. The number of phenolic OH excluding ortho intramolecular Hbond substituents is 1. The molecule has 0 saturated carbocycles. The molecular formula is C104H133B4Br2ClF7KO24S. The average molecular weight is 2210 g/mol. The number of aromatic hydroxyl groups is 1. The minimum atomic E-state index is -0.962. The molecule has 1 unspecified atom stereocenters. The number of phenols is 1. The topological polar surface area (TPSA) is 289 Å². The molecule has 5 saturated heterocycles. The maximum absolute atomic E-state index is 14.1. The molecule has 40 heteroatoms. The van der Waals surface area contributed by atoms with Gasteiger partial charge in [0.1, 0.15) is 10.9 Å². The number of carbonyl (C=O) groups excluding carboxylic acids is 3. The van der Waals surface area contributed by atoms with Crippen LogP contribution in [0.3, 0.4) is 0 Å². The van der Waals surface area contributed by atoms with Crippen LogP contribution < -0.4 is 95.8 Å². The molecule has 24 nitrogen and oxygen atoms in total. The van der Waals surface area contributed by atoms with E-state index in [-0.39, 0.29) is 146 Å². The van der Waals surface area contributed by atoms with Crippen LogP contribution in [0.25, 0.3) is 0 Å². The normalized spacial score (nSPS) is 18.5. The Kier molecular flexibility index (Phi) is 46.3. The van der Waals surface area contributed by atoms with Crippen molar-refractivity contribution < 1.29 is 196 Å². The third kappa shape index (κ3) is 35.7. The molecule has 782 valence electrons. The number of hydrogen-bond acceptors (Lipinski definition) is 24. The number of hydrogen-bond donors (Lipinski definition) is 2. The predicted molar refractivity (Wildman–Crippen MR) is 543 cm³/mol. The van der Waals surface area contributed by atoms with E-state index in [9.17, 15) is 55.0 Å². The van der Waals surface area contributed by atoms with Gasteiger partial charge in [0, 0.05) is 21.3 Å². The second kappa shape index (κ2) is 53.7. The third-order valence-corrected chi connectivity index (χ3v) is 27.6. The summed E-state index contributed by atoms with van der Waals surface area (Å²) >= 11 is 14.2. The second-order valence-electron chi connectivity index (χ2n) is 40.4. The Bertz CT molecular complexity index is 5400. The van der Waals surface area contributed by atoms with Gasteiger partial charge >= 0.3 is 97.5 Å². The minimum absolute atomic E-state index is 0. The van der Waals surface area contributed by atoms with Crippen LogP contribution in [0.2, 0.25) is 4.34 Å². The van der Waals surface area contributed by atoms with Gasteiger partial charge in [-0.3, -0.25) is 14.4 Å². The molecule has 5 fully saturated rings. The molecule has 2 N–H and O–H groups in total. The summed E-state index contributed by atoms with van der Waals surface area (Å²) in [6.07, 6.45) is 7.39. The van der Waals surface area contributed by atoms with Gasteiger partial charge < -0.3 is 95.2 Å². The predicted octanol–water partition coefficient (Wildman–Crippen LogP) is 19.2. The van der Waals surface area contributed by atoms with Crippen molar-refractivity contribution >= 4 is 118 Å². The smallest absolute Gasteiger partial charge is 0.850 e. The van der Waals surface area contributed by atoms with Crippen LogP contribution in [0.15, 0.2) is 130 Å². The quantitative estimate of drug-likeness (QED) is 0.0691. The summed E-state index contributed by atoms with van der Waals surface area (Å²) < 4.78 is 188. The zero-order valence-corrected chi connectivity index (χ0v) is 94.8. The number of carboxylic acid groups (broad SMARTS) is 1. The van der Waals surface area contributed by atoms with Crippen molar-refractivity contribution in [2.45, 2.75) is 299 Å². The van der Waals surface area contributed by atoms with Crippen molar-refractivity contribution in [2.75, 3.05) is 52.9 Å². The number of Topliss-reactive ketones (excluding diaryl/α,β-unsaturated/α-hetero) is 1. The first kappa shape index (κ1) is 124. The number of fused-ring (bicyclic) bond motifs is 5. The van der Waals surface area contributed by atoms with E-state index in [1.54, 1.807) is 58.0 Å². The largest absolute Gasteiger partial charge is 1.00 e. The van der Waals surface area contributed by atoms with E-state index in [4.69, 9.17) is 96.9 Å². The van der Waals surface area contributed by atoms with E-state index in [1.807, 2.05) is 163 Å². The van der Waals surface area contributed by atoms with Crippen LogP contribution >= 0.6 is 54.8 Å². The number of carboxylic acids is 1. The van der Waals surface area contributed by atoms with Crippen molar-refractivity contribution in [1.29, 1.82) is 0 Å². The van der Waals surface area contributed by atoms with Crippen LogP contribution in [0.4, 0.5) is 30.7 Å². The van der Waals surface area contributed by atoms with Gasteiger partial charge in [-0.1, -0.05) is 103 Å². The molecule has 1 aromatic heterocycles. The van der Waals surface area contributed by atoms with Crippen LogP contribution in [0.5, 0.6) is 40.2 Å². The maximum atomic E-state index is 14.1. The molecule has 0 amide bonds. The van der Waals surface area contributed by atoms with Crippen LogP contribution in [0, 0.1) is 47.6 Å². The Labute approximate surface area is 911 Å². The number of carbonyl (C=O) groups is 4. The summed E-state index contributed by atoms with van der Waals surface area (Å²) in [5.41, 5.74) is 2.03. The van der Waals surface area contributed by atoms with E-state index in [0.29, 0.717) is 89.9 Å². The molecule has 144 heavy (non-hydrogen) atoms. The van der Waals surface area contributed by atoms with Gasteiger partial charge in [0.25, 0.3) is 0 Å². The molecule has 0 bridgehead atoms. The first-order valence-electron chi connectivity index (χ1n) is 47.4. The number of ether oxygens (including phenoxy) is 9. The van der Waals surface area contributed by atoms with Crippen molar-refractivity contribution in [3.8, 4) is 40.2 Å². The van der Waals surface area contributed by atoms with E-state index in [2.05, 4.69) is 36.6 Å². The van der Waals surface area contributed by atoms with Crippen molar-refractivity contribution in [1.82, 2.24) is 0 Å². The molecule has 10 aliphatic rings. The van der Waals surface area contributed by atoms with Crippen LogP contribution in [0.1, 0.15) is 253 Å². The van der Waals surface area contributed by atoms with Gasteiger partial charge in [-0.25, -0.2) is 35.5 Å². The summed E-state index contributed by atoms with van der Waals surface area (Å²) in [4.78, 5) is 44.0. The fraction of sp³-hybridized carbons (Fsp3) is 0.519. The fourth-order valence-electron chi connectivity index (χ4n) is 14.2. The number of cyclic esters (lactones) is 1. The molecule has 8 aromatic rings. The van der Waals surface area contributed by atoms with E-state index >= 15 is 0 Å². The second-order valence-corrected chi connectivity index (χ2v) is 44.0. The Morgan fingerprint density at radius 3 is 1.20 bits per heavy atom. The molecule has 7 aromatic carbocycles. The standard InChI is InChI=1S/2C15H20BFO3.C13H18BrClO3S.C12H24B2O4.C9H8BrFO.C9H9FO3.C9H7FO2.C9H9FO.C6H5FO.C4H9O.C3H4O2.K/c2*1-14(2)15(3,4)20-16(19-14)11-8-10-6-5-7-18-13(10)12(17)9-11;1-6-17-12(16)10(18-13(3,4)5)8-7(2)19-11(15)9(8)14;1-9(2)10(3,4)16-13(15-9)14-17-11(5,6)12(7,8)18-14;10-7-4-6-2-1-3-12-9(6)8(11)5-7;10-7-3-1-2-4-8(7)13-6-5-9(11)12;10-7-3-1-2-6-8(11)4-5-12-9(6)7;10-8-5-1-3-7-4-2-6-11-9(7)8;7-5-3-1-2-4-6(5)8;1-4(2,3)5;4-3-1-2-5-3;/h2*8-9H,5-7H2,1-4H3;10H,6H2,1-5H3;1-8H3;4-5H,1-3H2;1-4H,5-6H2,(H,11,12);1-3H,4-5H2;1,3,5H,2,4,6H2;1-4,8H;1-3H3;1-2H2;/q;;;;;;;;;-1;;+1. The third-order valence-electron chi connectivity index (χ3n) is 24.5. The number of aryl methyl sites for hydroxylation is 5. The Hall–Kier alpha value is -6.82. The summed E-state index contributed by atoms with van der Waals surface area (Å²) in [5.74, 6) is -2.57. The molecule has 11 heterocycles. The van der Waals surface area contributed by atoms with Crippen LogP contribution in [-0.4, -0.2) is 171 Å². The number of benzene rings is 7. The minimum Gasteiger partial charge on any atom is -0.850 e. The number of esters is 2. The SMILES string of the molecule is CC(C)(C)[O-].CC1(C)OB(B2OC(C)(C)C(C)(C)O2)OC1(C)C.CC1(C)OB(c2cc(F)c3c(c2)CCCO3)OC1(C)C.CC1(C)OB(c2cc(F)c3c(c2)CCCO3)OC1(C)C.CCOC(=O)C(OC(C)(C)C)c1c(C)sc(Cl)c1Br.Fc1cc(Br)cc2c1OCCC2.Fc1cccc2c1OCCC2.O=C(O)CCOc1ccccc1F.O=C1CCO1.O=C1CCOc2c(F)cccc21.Oc1ccccc1F.[K+]. The van der Waals surface area contributed by atoms with Crippen LogP contribution in [-0.2, 0) is 91.5 Å². The summed E-state index contributed by atoms with van der Waals surface area (Å²) in [6, 6.07) is 31.1. The van der Waals surface area contributed by atoms with Gasteiger partial charge in [-0.2, -0.15) is 0 Å². The zero-order chi connectivity index (χ0) is 107. The molecule has 18 rings (SSSR count). The van der Waals surface area contributed by atoms with E-state index in [0.717, 1.165) is 99.5 Å². The van der Waals surface area contributed by atoms with Crippen molar-refractivity contribution in [2.24, 2.45) is 0 Å². The molecule has 0 aliphatic carbocycles. The average Bonchev–Trinajstić information content (AvgIpc) is 1.54. The number of halogens is 10. The van der Waals surface area contributed by atoms with Crippen molar-refractivity contribution in [3.63, 3.8) is 0 Å². The first-order chi connectivity index (χ1) is 66.5. The first-order valence-corrected chi connectivity index (χ1v) is 50.2. The number of ketones is 1. The molecule has 0 radical (unpaired) electrons. The van der Waals surface area contributed by atoms with Gasteiger partial charge in [-0.15, -0.1) is 16.9 Å². The molecule has 10 aliphatic heterocycles. The van der Waals surface area contributed by atoms with Gasteiger partial charge in [-0.05, 0) is 313 Å². The number of aliphatic carboxylic acids is 1. The Morgan fingerprint density at radius 2 is 0.840 bits per heavy atom. The fourth-order valence-corrected chi connectivity index (χ4v) is 16.8. The Balaban J connectivity index is 0.000000219. The zero-order valence-electron chi connectivity index (χ0n) is 86.9. The van der Waals surface area contributed by atoms with Crippen molar-refractivity contribution in [3.05, 3.63) is 214 Å². The molecule has 1 atom stereocenters. The number of rotatable bonds is 11.